The summed E-state index contributed by atoms with van der Waals surface area (Å²) >= 11 is 17.5. The Morgan fingerprint density at radius 3 is 2.18 bits per heavy atom. The van der Waals surface area contributed by atoms with E-state index in [1.54, 1.807) is 0 Å². The Kier molecular flexibility index (Phi) is 9.45. The number of phenols is 1. The second-order valence-corrected chi connectivity index (χ2v) is 14.9. The fourth-order valence-electron chi connectivity index (χ4n) is 7.89. The molecule has 10 nitrogen and oxygen atoms in total. The van der Waals surface area contributed by atoms with Gasteiger partial charge in [0.2, 0.25) is 17.6 Å². The Morgan fingerprint density at radius 2 is 1.57 bits per heavy atom. The van der Waals surface area contributed by atoms with Crippen LogP contribution in [0.15, 0.2) is 28.3 Å². The zero-order valence-corrected chi connectivity index (χ0v) is 29.4. The maximum Gasteiger partial charge on any atom is 0.303 e. The number of carboxylic acid groups (broad SMARTS) is 1. The van der Waals surface area contributed by atoms with Gasteiger partial charge < -0.3 is 14.9 Å². The zero-order chi connectivity index (χ0) is 37.5. The van der Waals surface area contributed by atoms with E-state index in [4.69, 9.17) is 33.0 Å². The van der Waals surface area contributed by atoms with Crippen LogP contribution in [0.5, 0.6) is 11.5 Å². The zero-order valence-electron chi connectivity index (χ0n) is 26.3. The molecule has 51 heavy (non-hydrogen) atoms. The maximum absolute atomic E-state index is 15.2. The highest BCUT2D eigenvalue weighted by atomic mass is 79.9. The third-order valence-electron chi connectivity index (χ3n) is 10.2. The molecule has 0 radical (unpaired) electrons. The number of methoxy groups -OCH3 is 1. The smallest absolute Gasteiger partial charge is 0.303 e. The molecule has 272 valence electrons. The number of unbranched alkanes of at least 4 members (excludes halogenated alkanes) is 2. The fraction of sp³-hybridized carbons (Fsp3) is 0.424. The molecule has 0 aromatic heterocycles. The van der Waals surface area contributed by atoms with E-state index >= 15 is 8.78 Å². The number of carbonyl (C=O) groups excluding carboxylic acids is 4. The van der Waals surface area contributed by atoms with Gasteiger partial charge in [-0.2, -0.15) is 0 Å². The molecule has 2 aromatic carbocycles. The molecule has 0 spiro atoms. The number of allylic oxidation sites excluding steroid dienone is 2. The summed E-state index contributed by atoms with van der Waals surface area (Å²) in [5, 5.41) is 20.3. The number of hydrogen-bond acceptors (Lipinski definition) is 7. The number of alkyl halides is 2. The summed E-state index contributed by atoms with van der Waals surface area (Å²) in [6.45, 7) is -0.0453. The number of fused-ring (bicyclic) bond motifs is 4. The van der Waals surface area contributed by atoms with E-state index in [1.807, 2.05) is 0 Å². The molecule has 18 heteroatoms. The van der Waals surface area contributed by atoms with Crippen molar-refractivity contribution in [3.8, 4) is 11.5 Å². The van der Waals surface area contributed by atoms with Crippen molar-refractivity contribution in [1.82, 2.24) is 4.90 Å². The molecule has 1 saturated carbocycles. The standard InChI is InChI=1S/C33H26BrCl2F5N2O8/c1-51-17-10-12(34)9-15(27(17)46)20-13-6-7-14-19(29(48)42(28(14)47)8-4-2-3-5-18(44)45)16(13)11-32(35)30(49)43(31(50)33(20,32)36)26-24(40)22(38)21(37)23(39)25(26)41/h6,9-10,14,16,19-20,46H,2-5,7-8,11H2,1H3,(H,44,45). The molecule has 4 aliphatic rings. The highest BCUT2D eigenvalue weighted by molar-refractivity contribution is 9.10. The molecule has 2 aliphatic carbocycles. The van der Waals surface area contributed by atoms with Gasteiger partial charge in [-0.25, -0.2) is 26.9 Å². The van der Waals surface area contributed by atoms with Crippen LogP contribution in [-0.4, -0.2) is 68.1 Å². The van der Waals surface area contributed by atoms with Crippen LogP contribution in [0, 0.1) is 46.8 Å². The normalized spacial score (nSPS) is 28.5. The number of aliphatic carboxylic acids is 1. The van der Waals surface area contributed by atoms with Crippen LogP contribution in [0.4, 0.5) is 27.6 Å². The predicted molar refractivity (Wildman–Crippen MR) is 172 cm³/mol. The number of ether oxygens (including phenoxy) is 1. The summed E-state index contributed by atoms with van der Waals surface area (Å²) in [5.74, 6) is -23.8. The summed E-state index contributed by atoms with van der Waals surface area (Å²) in [6.07, 6.45) is 1.60. The van der Waals surface area contributed by atoms with Gasteiger partial charge in [0.15, 0.2) is 44.5 Å². The molecule has 6 atom stereocenters. The number of benzene rings is 2. The van der Waals surface area contributed by atoms with Gasteiger partial charge in [-0.05, 0) is 43.7 Å². The van der Waals surface area contributed by atoms with Crippen LogP contribution in [-0.2, 0) is 24.0 Å². The van der Waals surface area contributed by atoms with Crippen molar-refractivity contribution in [2.24, 2.45) is 17.8 Å². The van der Waals surface area contributed by atoms with Gasteiger partial charge in [0.05, 0.1) is 18.9 Å². The summed E-state index contributed by atoms with van der Waals surface area (Å²) in [5.41, 5.74) is -1.97. The first kappa shape index (κ1) is 37.0. The Hall–Kier alpha value is -3.76. The first-order valence-corrected chi connectivity index (χ1v) is 17.1. The minimum Gasteiger partial charge on any atom is -0.504 e. The Balaban J connectivity index is 1.51. The van der Waals surface area contributed by atoms with Crippen molar-refractivity contribution in [2.75, 3.05) is 18.6 Å². The molecular weight excluding hydrogens is 798 g/mol. The molecule has 2 heterocycles. The Morgan fingerprint density at radius 1 is 0.941 bits per heavy atom. The van der Waals surface area contributed by atoms with Gasteiger partial charge in [-0.3, -0.25) is 28.9 Å². The van der Waals surface area contributed by atoms with Gasteiger partial charge in [0.25, 0.3) is 11.8 Å². The quantitative estimate of drug-likeness (QED) is 0.0591. The van der Waals surface area contributed by atoms with E-state index < -0.39 is 110 Å². The van der Waals surface area contributed by atoms with Crippen LogP contribution < -0.4 is 9.64 Å². The molecule has 2 aromatic rings. The van der Waals surface area contributed by atoms with E-state index in [1.165, 1.54) is 25.3 Å². The molecule has 0 bridgehead atoms. The van der Waals surface area contributed by atoms with Crippen LogP contribution in [0.2, 0.25) is 0 Å². The molecular formula is C33H26BrCl2F5N2O8. The number of amides is 4. The molecule has 2 aliphatic heterocycles. The second-order valence-electron chi connectivity index (χ2n) is 12.8. The lowest BCUT2D eigenvalue weighted by molar-refractivity contribution is -0.141. The fourth-order valence-corrected chi connectivity index (χ4v) is 9.27. The van der Waals surface area contributed by atoms with Crippen molar-refractivity contribution in [1.29, 1.82) is 0 Å². The number of carbonyl (C=O) groups is 5. The third-order valence-corrected chi connectivity index (χ3v) is 12.1. The van der Waals surface area contributed by atoms with Crippen LogP contribution >= 0.6 is 39.1 Å². The number of likely N-dealkylation sites (tertiary alicyclic amines) is 1. The van der Waals surface area contributed by atoms with E-state index in [9.17, 15) is 42.3 Å². The first-order chi connectivity index (χ1) is 23.9. The minimum atomic E-state index is -2.82. The van der Waals surface area contributed by atoms with Crippen molar-refractivity contribution in [3.63, 3.8) is 0 Å². The Bertz CT molecular complexity index is 1940. The van der Waals surface area contributed by atoms with E-state index in [0.717, 1.165) is 4.90 Å². The molecule has 2 N–H and O–H groups in total. The summed E-state index contributed by atoms with van der Waals surface area (Å²) in [4.78, 5) is 62.3. The number of phenolic OH excluding ortho intramolecular Hbond substituents is 1. The van der Waals surface area contributed by atoms with Gasteiger partial charge in [0, 0.05) is 28.9 Å². The largest absolute Gasteiger partial charge is 0.504 e. The third kappa shape index (κ3) is 5.25. The summed E-state index contributed by atoms with van der Waals surface area (Å²) in [6, 6.07) is 2.64. The van der Waals surface area contributed by atoms with Crippen LogP contribution in [0.3, 0.4) is 0 Å². The number of carboxylic acids is 1. The molecule has 3 fully saturated rings. The summed E-state index contributed by atoms with van der Waals surface area (Å²) in [7, 11) is 1.20. The highest BCUT2D eigenvalue weighted by Gasteiger charge is 2.77. The van der Waals surface area contributed by atoms with Crippen molar-refractivity contribution < 1.29 is 60.9 Å². The average molecular weight is 824 g/mol. The van der Waals surface area contributed by atoms with E-state index in [0.29, 0.717) is 12.8 Å². The number of anilines is 1. The maximum atomic E-state index is 15.2. The van der Waals surface area contributed by atoms with Crippen molar-refractivity contribution >= 4 is 74.4 Å². The molecule has 6 unspecified atom stereocenters. The lowest BCUT2D eigenvalue weighted by Crippen LogP contribution is -2.60. The number of imide groups is 2. The van der Waals surface area contributed by atoms with Crippen molar-refractivity contribution in [3.05, 3.63) is 62.9 Å². The number of aromatic hydroxyl groups is 1. The SMILES string of the molecule is COc1cc(Br)cc(C2C3=CCC4C(=O)N(CCCCCC(=O)O)C(=O)C4C3CC3(Cl)C(=O)N(c4c(F)c(F)c(F)c(F)c4F)C(=O)C23Cl)c1O. The molecule has 6 rings (SSSR count). The topological polar surface area (TPSA) is 142 Å². The number of nitrogens with zero attached hydrogens (tertiary/aromatic N) is 2. The minimum absolute atomic E-state index is 0.0453. The lowest BCUT2D eigenvalue weighted by atomic mass is 9.56. The molecule has 2 saturated heterocycles. The Labute approximate surface area is 304 Å². The second kappa shape index (κ2) is 13.0. The molecule has 4 amide bonds. The monoisotopic (exact) mass is 822 g/mol. The number of rotatable bonds is 9. The van der Waals surface area contributed by atoms with Gasteiger partial charge >= 0.3 is 5.97 Å². The van der Waals surface area contributed by atoms with Crippen molar-refractivity contribution in [2.45, 2.75) is 54.2 Å². The van der Waals surface area contributed by atoms with Gasteiger partial charge in [-0.1, -0.05) is 34.0 Å². The predicted octanol–water partition coefficient (Wildman–Crippen LogP) is 6.07. The average Bonchev–Trinajstić information content (AvgIpc) is 3.41. The van der Waals surface area contributed by atoms with E-state index in [-0.39, 0.29) is 52.1 Å². The summed E-state index contributed by atoms with van der Waals surface area (Å²) < 4.78 is 78.8. The first-order valence-electron chi connectivity index (χ1n) is 15.6. The van der Waals surface area contributed by atoms with E-state index in [2.05, 4.69) is 15.9 Å². The van der Waals surface area contributed by atoms with Gasteiger partial charge in [-0.15, -0.1) is 23.2 Å². The van der Waals surface area contributed by atoms with Crippen LogP contribution in [0.1, 0.15) is 50.0 Å². The number of halogens is 8. The lowest BCUT2D eigenvalue weighted by Gasteiger charge is -2.50. The van der Waals surface area contributed by atoms with Gasteiger partial charge in [0.1, 0.15) is 5.69 Å². The van der Waals surface area contributed by atoms with Crippen LogP contribution in [0.25, 0.3) is 0 Å². The highest BCUT2D eigenvalue weighted by Crippen LogP contribution is 2.67. The number of hydrogen-bond donors (Lipinski definition) is 2.